The first-order chi connectivity index (χ1) is 11.8. The third kappa shape index (κ3) is 3.72. The van der Waals surface area contributed by atoms with Crippen LogP contribution in [0.4, 0.5) is 11.4 Å². The van der Waals surface area contributed by atoms with Gasteiger partial charge in [-0.3, -0.25) is 9.59 Å². The van der Waals surface area contributed by atoms with Gasteiger partial charge in [0.1, 0.15) is 0 Å². The maximum atomic E-state index is 12.5. The molecule has 1 heterocycles. The van der Waals surface area contributed by atoms with Crippen molar-refractivity contribution in [3.05, 3.63) is 57.6 Å². The molecule has 0 spiro atoms. The van der Waals surface area contributed by atoms with Crippen molar-refractivity contribution >= 4 is 46.4 Å². The fourth-order valence-corrected chi connectivity index (χ4v) is 3.38. The highest BCUT2D eigenvalue weighted by Gasteiger charge is 2.21. The van der Waals surface area contributed by atoms with Crippen molar-refractivity contribution in [3.63, 3.8) is 0 Å². The summed E-state index contributed by atoms with van der Waals surface area (Å²) in [4.78, 5) is 26.1. The first kappa shape index (κ1) is 17.6. The van der Waals surface area contributed by atoms with Gasteiger partial charge < -0.3 is 15.5 Å². The Kier molecular flexibility index (Phi) is 4.88. The fraction of sp³-hybridized carbons (Fsp3) is 0.222. The molecule has 3 rings (SSSR count). The van der Waals surface area contributed by atoms with Gasteiger partial charge in [-0.25, -0.2) is 0 Å². The number of rotatable bonds is 3. The predicted octanol–water partition coefficient (Wildman–Crippen LogP) is 3.87. The molecule has 2 aromatic carbocycles. The highest BCUT2D eigenvalue weighted by molar-refractivity contribution is 6.35. The molecule has 2 aromatic rings. The molecule has 0 fully saturated rings. The molecule has 0 bridgehead atoms. The highest BCUT2D eigenvalue weighted by atomic mass is 35.5. The average Bonchev–Trinajstić information content (AvgIpc) is 2.53. The fourth-order valence-electron chi connectivity index (χ4n) is 2.81. The molecule has 5 nitrogen and oxygen atoms in total. The van der Waals surface area contributed by atoms with Crippen molar-refractivity contribution in [1.29, 1.82) is 0 Å². The largest absolute Gasteiger partial charge is 0.364 e. The van der Waals surface area contributed by atoms with E-state index in [9.17, 15) is 9.59 Å². The summed E-state index contributed by atoms with van der Waals surface area (Å²) in [7, 11) is 1.84. The summed E-state index contributed by atoms with van der Waals surface area (Å²) in [6.07, 6.45) is 0. The molecule has 0 aromatic heterocycles. The van der Waals surface area contributed by atoms with Crippen LogP contribution in [-0.4, -0.2) is 25.4 Å². The topological polar surface area (TPSA) is 61.4 Å². The summed E-state index contributed by atoms with van der Waals surface area (Å²) < 4.78 is 0. The van der Waals surface area contributed by atoms with Crippen molar-refractivity contribution < 1.29 is 9.59 Å². The number of anilines is 2. The maximum Gasteiger partial charge on any atom is 0.251 e. The predicted molar refractivity (Wildman–Crippen MR) is 101 cm³/mol. The first-order valence-corrected chi connectivity index (χ1v) is 8.51. The minimum absolute atomic E-state index is 0.103. The van der Waals surface area contributed by atoms with E-state index < -0.39 is 0 Å². The summed E-state index contributed by atoms with van der Waals surface area (Å²) in [5, 5.41) is 6.74. The number of hydrogen-bond acceptors (Lipinski definition) is 3. The van der Waals surface area contributed by atoms with Crippen LogP contribution in [0, 0.1) is 0 Å². The Morgan fingerprint density at radius 3 is 2.72 bits per heavy atom. The zero-order valence-electron chi connectivity index (χ0n) is 13.8. The van der Waals surface area contributed by atoms with Crippen LogP contribution in [0.25, 0.3) is 0 Å². The number of nitrogens with one attached hydrogen (secondary N) is 2. The van der Waals surface area contributed by atoms with Crippen molar-refractivity contribution in [2.75, 3.05) is 23.8 Å². The quantitative estimate of drug-likeness (QED) is 0.853. The van der Waals surface area contributed by atoms with E-state index in [1.807, 2.05) is 24.9 Å². The second kappa shape index (κ2) is 6.94. The number of fused-ring (bicyclic) bond motifs is 1. The molecular weight excluding hydrogens is 361 g/mol. The van der Waals surface area contributed by atoms with Gasteiger partial charge in [0.15, 0.2) is 0 Å². The SMILES string of the molecule is CC(NC(=O)c1ccc2c(c1)NC(=O)CN2C)c1ccc(Cl)cc1Cl. The molecule has 0 radical (unpaired) electrons. The number of carbonyl (C=O) groups excluding carboxylic acids is 2. The Morgan fingerprint density at radius 1 is 1.24 bits per heavy atom. The zero-order valence-corrected chi connectivity index (χ0v) is 15.3. The van der Waals surface area contributed by atoms with E-state index in [2.05, 4.69) is 10.6 Å². The molecule has 1 aliphatic rings. The van der Waals surface area contributed by atoms with E-state index in [0.29, 0.717) is 27.8 Å². The Bertz CT molecular complexity index is 854. The Morgan fingerprint density at radius 2 is 2.00 bits per heavy atom. The van der Waals surface area contributed by atoms with Crippen molar-refractivity contribution in [2.24, 2.45) is 0 Å². The second-order valence-corrected chi connectivity index (χ2v) is 6.84. The van der Waals surface area contributed by atoms with Crippen LogP contribution in [0.2, 0.25) is 10.0 Å². The number of carbonyl (C=O) groups is 2. The van der Waals surface area contributed by atoms with Gasteiger partial charge in [0.25, 0.3) is 5.91 Å². The Balaban J connectivity index is 1.79. The number of benzene rings is 2. The van der Waals surface area contributed by atoms with Crippen LogP contribution in [0.5, 0.6) is 0 Å². The average molecular weight is 378 g/mol. The molecule has 130 valence electrons. The Labute approximate surface area is 155 Å². The van der Waals surface area contributed by atoms with E-state index in [4.69, 9.17) is 23.2 Å². The van der Waals surface area contributed by atoms with Crippen LogP contribution < -0.4 is 15.5 Å². The number of amides is 2. The van der Waals surface area contributed by atoms with Crippen molar-refractivity contribution in [3.8, 4) is 0 Å². The lowest BCUT2D eigenvalue weighted by Gasteiger charge is -2.27. The third-order valence-electron chi connectivity index (χ3n) is 4.10. The van der Waals surface area contributed by atoms with Gasteiger partial charge in [0.05, 0.1) is 24.0 Å². The van der Waals surface area contributed by atoms with Crippen LogP contribution in [-0.2, 0) is 4.79 Å². The van der Waals surface area contributed by atoms with Gasteiger partial charge >= 0.3 is 0 Å². The normalized spacial score (nSPS) is 14.6. The summed E-state index contributed by atoms with van der Waals surface area (Å²) in [6, 6.07) is 10.1. The summed E-state index contributed by atoms with van der Waals surface area (Å²) in [6.45, 7) is 2.14. The smallest absolute Gasteiger partial charge is 0.251 e. The number of nitrogens with zero attached hydrogens (tertiary/aromatic N) is 1. The molecule has 25 heavy (non-hydrogen) atoms. The van der Waals surface area contributed by atoms with E-state index in [1.54, 1.807) is 30.3 Å². The molecule has 1 atom stereocenters. The van der Waals surface area contributed by atoms with Crippen LogP contribution in [0.1, 0.15) is 28.9 Å². The molecule has 7 heteroatoms. The van der Waals surface area contributed by atoms with Crippen LogP contribution in [0.3, 0.4) is 0 Å². The minimum Gasteiger partial charge on any atom is -0.364 e. The highest BCUT2D eigenvalue weighted by Crippen LogP contribution is 2.30. The summed E-state index contributed by atoms with van der Waals surface area (Å²) >= 11 is 12.1. The van der Waals surface area contributed by atoms with Gasteiger partial charge in [-0.2, -0.15) is 0 Å². The van der Waals surface area contributed by atoms with Crippen LogP contribution in [0.15, 0.2) is 36.4 Å². The van der Waals surface area contributed by atoms with Crippen molar-refractivity contribution in [2.45, 2.75) is 13.0 Å². The minimum atomic E-state index is -0.287. The molecule has 0 saturated carbocycles. The third-order valence-corrected chi connectivity index (χ3v) is 4.66. The maximum absolute atomic E-state index is 12.5. The zero-order chi connectivity index (χ0) is 18.1. The monoisotopic (exact) mass is 377 g/mol. The molecule has 0 aliphatic carbocycles. The van der Waals surface area contributed by atoms with Gasteiger partial charge in [0, 0.05) is 22.7 Å². The van der Waals surface area contributed by atoms with Gasteiger partial charge in [-0.15, -0.1) is 0 Å². The van der Waals surface area contributed by atoms with Gasteiger partial charge in [0.2, 0.25) is 5.91 Å². The standard InChI is InChI=1S/C18H17Cl2N3O2/c1-10(13-5-4-12(19)8-14(13)20)21-18(25)11-3-6-16-15(7-11)22-17(24)9-23(16)2/h3-8,10H,9H2,1-2H3,(H,21,25)(H,22,24). The molecule has 0 saturated heterocycles. The van der Waals surface area contributed by atoms with Crippen LogP contribution >= 0.6 is 23.2 Å². The molecular formula is C18H17Cl2N3O2. The number of halogens is 2. The van der Waals surface area contributed by atoms with Gasteiger partial charge in [-0.1, -0.05) is 29.3 Å². The number of likely N-dealkylation sites (N-methyl/N-ethyl adjacent to an activating group) is 1. The molecule has 2 N–H and O–H groups in total. The lowest BCUT2D eigenvalue weighted by Crippen LogP contribution is -2.35. The van der Waals surface area contributed by atoms with E-state index in [0.717, 1.165) is 11.3 Å². The van der Waals surface area contributed by atoms with E-state index >= 15 is 0 Å². The molecule has 1 aliphatic heterocycles. The number of hydrogen-bond donors (Lipinski definition) is 2. The van der Waals surface area contributed by atoms with E-state index in [-0.39, 0.29) is 17.9 Å². The summed E-state index contributed by atoms with van der Waals surface area (Å²) in [5.41, 5.74) is 2.75. The van der Waals surface area contributed by atoms with E-state index in [1.165, 1.54) is 0 Å². The van der Waals surface area contributed by atoms with Crippen molar-refractivity contribution in [1.82, 2.24) is 5.32 Å². The lowest BCUT2D eigenvalue weighted by atomic mass is 10.1. The van der Waals surface area contributed by atoms with Gasteiger partial charge in [-0.05, 0) is 42.8 Å². The second-order valence-electron chi connectivity index (χ2n) is 6.00. The first-order valence-electron chi connectivity index (χ1n) is 7.76. The summed E-state index contributed by atoms with van der Waals surface area (Å²) in [5.74, 6) is -0.349. The Hall–Kier alpha value is -2.24. The lowest BCUT2D eigenvalue weighted by molar-refractivity contribution is -0.115. The molecule has 1 unspecified atom stereocenters. The molecule has 2 amide bonds.